The normalized spacial score (nSPS) is 14.3. The van der Waals surface area contributed by atoms with E-state index < -0.39 is 14.6 Å². The summed E-state index contributed by atoms with van der Waals surface area (Å²) in [6, 6.07) is 5.65. The minimum absolute atomic E-state index is 0.258. The maximum Gasteiger partial charge on any atom is 0.154 e. The predicted octanol–water partition coefficient (Wildman–Crippen LogP) is 3.26. The molecule has 0 amide bonds. The second-order valence-corrected chi connectivity index (χ2v) is 8.47. The van der Waals surface area contributed by atoms with Crippen LogP contribution in [-0.2, 0) is 9.84 Å². The maximum atomic E-state index is 11.8. The number of sulfone groups is 1. The number of aryl methyl sites for hydroxylation is 1. The van der Waals surface area contributed by atoms with Gasteiger partial charge < -0.3 is 4.74 Å². The second kappa shape index (κ2) is 5.21. The molecule has 5 heteroatoms. The first-order valence-electron chi connectivity index (χ1n) is 5.59. The lowest BCUT2D eigenvalue weighted by atomic mass is 9.97. The van der Waals surface area contributed by atoms with Gasteiger partial charge in [-0.15, -0.1) is 0 Å². The zero-order valence-electron chi connectivity index (χ0n) is 11.3. The number of benzene rings is 1. The van der Waals surface area contributed by atoms with E-state index in [-0.39, 0.29) is 4.83 Å². The number of hydrogen-bond acceptors (Lipinski definition) is 3. The van der Waals surface area contributed by atoms with Gasteiger partial charge in [0.05, 0.1) is 16.7 Å². The van der Waals surface area contributed by atoms with Gasteiger partial charge in [0.1, 0.15) is 5.75 Å². The molecule has 0 radical (unpaired) electrons. The van der Waals surface area contributed by atoms with Crippen LogP contribution in [0.3, 0.4) is 0 Å². The van der Waals surface area contributed by atoms with E-state index in [2.05, 4.69) is 15.9 Å². The van der Waals surface area contributed by atoms with Gasteiger partial charge in [-0.25, -0.2) is 8.42 Å². The Labute approximate surface area is 118 Å². The van der Waals surface area contributed by atoms with Crippen molar-refractivity contribution >= 4 is 25.8 Å². The van der Waals surface area contributed by atoms with Gasteiger partial charge >= 0.3 is 0 Å². The van der Waals surface area contributed by atoms with Crippen molar-refractivity contribution in [1.82, 2.24) is 0 Å². The minimum atomic E-state index is -3.16. The van der Waals surface area contributed by atoms with Crippen LogP contribution in [0.1, 0.15) is 29.8 Å². The Morgan fingerprint density at radius 2 is 1.89 bits per heavy atom. The number of ether oxygens (including phenoxy) is 1. The highest BCUT2D eigenvalue weighted by Gasteiger charge is 2.39. The lowest BCUT2D eigenvalue weighted by Crippen LogP contribution is -2.35. The molecule has 1 aromatic carbocycles. The minimum Gasteiger partial charge on any atom is -0.497 e. The number of rotatable bonds is 4. The highest BCUT2D eigenvalue weighted by molar-refractivity contribution is 9.09. The highest BCUT2D eigenvalue weighted by Crippen LogP contribution is 2.41. The summed E-state index contributed by atoms with van der Waals surface area (Å²) < 4.78 is 28.0. The summed E-state index contributed by atoms with van der Waals surface area (Å²) in [5, 5.41) is 0. The quantitative estimate of drug-likeness (QED) is 0.793. The van der Waals surface area contributed by atoms with E-state index in [4.69, 9.17) is 4.74 Å². The van der Waals surface area contributed by atoms with Crippen LogP contribution < -0.4 is 4.74 Å². The third-order valence-corrected chi connectivity index (χ3v) is 7.40. The average molecular weight is 335 g/mol. The van der Waals surface area contributed by atoms with Crippen LogP contribution in [-0.4, -0.2) is 26.5 Å². The Hall–Kier alpha value is -0.550. The number of halogens is 1. The van der Waals surface area contributed by atoms with E-state index in [0.29, 0.717) is 0 Å². The van der Waals surface area contributed by atoms with Crippen molar-refractivity contribution in [2.24, 2.45) is 0 Å². The van der Waals surface area contributed by atoms with Crippen LogP contribution in [0, 0.1) is 6.92 Å². The van der Waals surface area contributed by atoms with E-state index in [1.54, 1.807) is 21.0 Å². The summed E-state index contributed by atoms with van der Waals surface area (Å²) >= 11 is 3.52. The first-order valence-corrected chi connectivity index (χ1v) is 8.40. The lowest BCUT2D eigenvalue weighted by molar-refractivity contribution is 0.414. The molecule has 0 spiro atoms. The number of alkyl halides is 1. The van der Waals surface area contributed by atoms with Crippen molar-refractivity contribution in [3.05, 3.63) is 29.3 Å². The van der Waals surface area contributed by atoms with Gasteiger partial charge in [-0.2, -0.15) is 0 Å². The van der Waals surface area contributed by atoms with Crippen LogP contribution in [0.25, 0.3) is 0 Å². The molecule has 0 aliphatic carbocycles. The second-order valence-electron chi connectivity index (χ2n) is 4.96. The van der Waals surface area contributed by atoms with E-state index in [9.17, 15) is 8.42 Å². The van der Waals surface area contributed by atoms with Gasteiger partial charge in [-0.3, -0.25) is 0 Å². The standard InChI is InChI=1S/C13H19BrO3S/c1-9-8-10(17-4)6-7-11(9)12(14)13(2,3)18(5,15)16/h6-8,12H,1-5H3. The van der Waals surface area contributed by atoms with Crippen molar-refractivity contribution < 1.29 is 13.2 Å². The van der Waals surface area contributed by atoms with Gasteiger partial charge in [-0.05, 0) is 44.0 Å². The molecular weight excluding hydrogens is 316 g/mol. The summed E-state index contributed by atoms with van der Waals surface area (Å²) in [5.74, 6) is 0.771. The Morgan fingerprint density at radius 3 is 2.28 bits per heavy atom. The molecule has 1 unspecified atom stereocenters. The third kappa shape index (κ3) is 2.88. The van der Waals surface area contributed by atoms with Gasteiger partial charge in [0, 0.05) is 6.26 Å². The molecule has 0 N–H and O–H groups in total. The topological polar surface area (TPSA) is 43.4 Å². The van der Waals surface area contributed by atoms with Crippen molar-refractivity contribution in [3.63, 3.8) is 0 Å². The Morgan fingerprint density at radius 1 is 1.33 bits per heavy atom. The van der Waals surface area contributed by atoms with Crippen LogP contribution >= 0.6 is 15.9 Å². The van der Waals surface area contributed by atoms with E-state index >= 15 is 0 Å². The average Bonchev–Trinajstić information content (AvgIpc) is 2.26. The number of hydrogen-bond donors (Lipinski definition) is 0. The molecule has 0 aliphatic rings. The monoisotopic (exact) mass is 334 g/mol. The van der Waals surface area contributed by atoms with Crippen molar-refractivity contribution in [3.8, 4) is 5.75 Å². The maximum absolute atomic E-state index is 11.8. The molecule has 0 saturated carbocycles. The third-order valence-electron chi connectivity index (χ3n) is 3.32. The Balaban J connectivity index is 3.24. The molecular formula is C13H19BrO3S. The van der Waals surface area contributed by atoms with E-state index in [1.165, 1.54) is 6.26 Å². The van der Waals surface area contributed by atoms with Gasteiger partial charge in [0.15, 0.2) is 9.84 Å². The highest BCUT2D eigenvalue weighted by atomic mass is 79.9. The first-order chi connectivity index (χ1) is 8.11. The van der Waals surface area contributed by atoms with Crippen molar-refractivity contribution in [2.75, 3.05) is 13.4 Å². The molecule has 1 atom stereocenters. The molecule has 1 aromatic rings. The SMILES string of the molecule is COc1ccc(C(Br)C(C)(C)S(C)(=O)=O)c(C)c1. The summed E-state index contributed by atoms with van der Waals surface area (Å²) in [5.41, 5.74) is 1.97. The van der Waals surface area contributed by atoms with Crippen LogP contribution in [0.2, 0.25) is 0 Å². The summed E-state index contributed by atoms with van der Waals surface area (Å²) in [7, 11) is -1.55. The fourth-order valence-electron chi connectivity index (χ4n) is 1.62. The molecule has 0 fully saturated rings. The molecule has 1 rings (SSSR count). The zero-order valence-corrected chi connectivity index (χ0v) is 13.7. The summed E-state index contributed by atoms with van der Waals surface area (Å²) in [6.45, 7) is 5.40. The molecule has 0 heterocycles. The Bertz CT molecular complexity index is 535. The van der Waals surface area contributed by atoms with Gasteiger partial charge in [-0.1, -0.05) is 22.0 Å². The largest absolute Gasteiger partial charge is 0.497 e. The summed E-state index contributed by atoms with van der Waals surface area (Å²) in [6.07, 6.45) is 1.26. The fourth-order valence-corrected chi connectivity index (χ4v) is 3.66. The lowest BCUT2D eigenvalue weighted by Gasteiger charge is -2.29. The molecule has 3 nitrogen and oxygen atoms in total. The first kappa shape index (κ1) is 15.5. The molecule has 0 bridgehead atoms. The van der Waals surface area contributed by atoms with Gasteiger partial charge in [0.25, 0.3) is 0 Å². The molecule has 0 aliphatic heterocycles. The zero-order chi connectivity index (χ0) is 14.1. The molecule has 0 aromatic heterocycles. The van der Waals surface area contributed by atoms with Crippen LogP contribution in [0.15, 0.2) is 18.2 Å². The molecule has 102 valence electrons. The van der Waals surface area contributed by atoms with Crippen LogP contribution in [0.5, 0.6) is 5.75 Å². The Kier molecular flexibility index (Phi) is 4.49. The molecule has 18 heavy (non-hydrogen) atoms. The fraction of sp³-hybridized carbons (Fsp3) is 0.538. The molecule has 0 saturated heterocycles. The van der Waals surface area contributed by atoms with E-state index in [0.717, 1.165) is 16.9 Å². The van der Waals surface area contributed by atoms with E-state index in [1.807, 2.05) is 25.1 Å². The number of methoxy groups -OCH3 is 1. The van der Waals surface area contributed by atoms with Crippen LogP contribution in [0.4, 0.5) is 0 Å². The summed E-state index contributed by atoms with van der Waals surface area (Å²) in [4.78, 5) is -0.258. The van der Waals surface area contributed by atoms with Gasteiger partial charge in [0.2, 0.25) is 0 Å². The predicted molar refractivity (Wildman–Crippen MR) is 78.3 cm³/mol. The smallest absolute Gasteiger partial charge is 0.154 e. The van der Waals surface area contributed by atoms with Crippen molar-refractivity contribution in [1.29, 1.82) is 0 Å². The van der Waals surface area contributed by atoms with Crippen molar-refractivity contribution in [2.45, 2.75) is 30.3 Å².